The Labute approximate surface area is 216 Å². The molecule has 0 fully saturated rings. The third-order valence-electron chi connectivity index (χ3n) is 5.96. The second-order valence-corrected chi connectivity index (χ2v) is 9.58. The third-order valence-corrected chi connectivity index (χ3v) is 6.85. The molecular formula is C29H33BrN2O3. The molecule has 5 nitrogen and oxygen atoms in total. The highest BCUT2D eigenvalue weighted by molar-refractivity contribution is 9.10. The van der Waals surface area contributed by atoms with Crippen molar-refractivity contribution < 1.29 is 14.3 Å². The predicted molar refractivity (Wildman–Crippen MR) is 143 cm³/mol. The molecule has 0 aliphatic rings. The van der Waals surface area contributed by atoms with Crippen LogP contribution in [0.3, 0.4) is 0 Å². The average Bonchev–Trinajstić information content (AvgIpc) is 2.87. The zero-order valence-corrected chi connectivity index (χ0v) is 22.1. The lowest BCUT2D eigenvalue weighted by atomic mass is 10.0. The maximum Gasteiger partial charge on any atom is 0.261 e. The van der Waals surface area contributed by atoms with Crippen LogP contribution in [-0.2, 0) is 22.6 Å². The second kappa shape index (κ2) is 13.1. The average molecular weight is 537 g/mol. The van der Waals surface area contributed by atoms with Gasteiger partial charge in [-0.2, -0.15) is 0 Å². The van der Waals surface area contributed by atoms with Crippen LogP contribution in [0.25, 0.3) is 0 Å². The van der Waals surface area contributed by atoms with Crippen LogP contribution in [0.5, 0.6) is 5.75 Å². The van der Waals surface area contributed by atoms with Crippen molar-refractivity contribution in [2.45, 2.75) is 52.2 Å². The molecule has 35 heavy (non-hydrogen) atoms. The van der Waals surface area contributed by atoms with E-state index in [1.807, 2.05) is 99.6 Å². The monoisotopic (exact) mass is 536 g/mol. The van der Waals surface area contributed by atoms with Crippen LogP contribution < -0.4 is 10.1 Å². The summed E-state index contributed by atoms with van der Waals surface area (Å²) in [5.74, 6) is 0.212. The van der Waals surface area contributed by atoms with E-state index >= 15 is 0 Å². The van der Waals surface area contributed by atoms with Crippen LogP contribution in [-0.4, -0.2) is 35.4 Å². The van der Waals surface area contributed by atoms with Gasteiger partial charge in [0.1, 0.15) is 11.8 Å². The molecule has 1 N–H and O–H groups in total. The molecule has 0 spiro atoms. The number of halogens is 1. The summed E-state index contributed by atoms with van der Waals surface area (Å²) in [6, 6.07) is 24.5. The van der Waals surface area contributed by atoms with E-state index in [1.54, 1.807) is 4.90 Å². The molecule has 2 atom stereocenters. The molecule has 3 aromatic rings. The number of nitrogens with one attached hydrogen (secondary N) is 1. The van der Waals surface area contributed by atoms with Crippen LogP contribution >= 0.6 is 15.9 Å². The van der Waals surface area contributed by atoms with Gasteiger partial charge in [-0.15, -0.1) is 0 Å². The standard InChI is InChI=1S/C29H33BrN2O3/c1-4-22(3)31-29(34)27(18-23-11-7-5-8-12-23)32(19-24-13-9-6-10-14-24)28(33)20-35-25-15-16-26(30)21(2)17-25/h5-17,22,27H,4,18-20H2,1-3H3,(H,31,34)/t22-,27-/m0/s1. The fourth-order valence-corrected chi connectivity index (χ4v) is 3.96. The smallest absolute Gasteiger partial charge is 0.261 e. The molecule has 0 unspecified atom stereocenters. The quantitative estimate of drug-likeness (QED) is 0.342. The van der Waals surface area contributed by atoms with Crippen LogP contribution in [0.4, 0.5) is 0 Å². The number of carbonyl (C=O) groups is 2. The van der Waals surface area contributed by atoms with Gasteiger partial charge in [-0.05, 0) is 55.2 Å². The molecular weight excluding hydrogens is 504 g/mol. The highest BCUT2D eigenvalue weighted by Crippen LogP contribution is 2.22. The van der Waals surface area contributed by atoms with Crippen LogP contribution in [0.15, 0.2) is 83.3 Å². The van der Waals surface area contributed by atoms with E-state index in [-0.39, 0.29) is 24.5 Å². The van der Waals surface area contributed by atoms with Gasteiger partial charge >= 0.3 is 0 Å². The Balaban J connectivity index is 1.89. The largest absolute Gasteiger partial charge is 0.484 e. The first-order valence-electron chi connectivity index (χ1n) is 11.9. The lowest BCUT2D eigenvalue weighted by Gasteiger charge is -2.32. The first-order chi connectivity index (χ1) is 16.9. The van der Waals surface area contributed by atoms with Crippen molar-refractivity contribution in [2.24, 2.45) is 0 Å². The van der Waals surface area contributed by atoms with Crippen molar-refractivity contribution in [3.63, 3.8) is 0 Å². The van der Waals surface area contributed by atoms with Crippen molar-refractivity contribution in [3.05, 3.63) is 100 Å². The van der Waals surface area contributed by atoms with Crippen LogP contribution in [0.1, 0.15) is 37.0 Å². The number of amides is 2. The fourth-order valence-electron chi connectivity index (χ4n) is 3.71. The predicted octanol–water partition coefficient (Wildman–Crippen LogP) is 5.69. The zero-order chi connectivity index (χ0) is 25.2. The molecule has 0 aliphatic heterocycles. The molecule has 3 aromatic carbocycles. The summed E-state index contributed by atoms with van der Waals surface area (Å²) in [6.07, 6.45) is 1.22. The highest BCUT2D eigenvalue weighted by Gasteiger charge is 2.31. The minimum Gasteiger partial charge on any atom is -0.484 e. The summed E-state index contributed by atoms with van der Waals surface area (Å²) >= 11 is 3.49. The SMILES string of the molecule is CC[C@H](C)NC(=O)[C@H](Cc1ccccc1)N(Cc1ccccc1)C(=O)COc1ccc(Br)c(C)c1. The Morgan fingerprint density at radius 1 is 0.971 bits per heavy atom. The van der Waals surface area contributed by atoms with Crippen LogP contribution in [0, 0.1) is 6.92 Å². The van der Waals surface area contributed by atoms with Gasteiger partial charge in [-0.1, -0.05) is 83.5 Å². The van der Waals surface area contributed by atoms with Gasteiger partial charge in [-0.25, -0.2) is 0 Å². The van der Waals surface area contributed by atoms with Gasteiger partial charge in [0, 0.05) is 23.5 Å². The maximum absolute atomic E-state index is 13.6. The zero-order valence-electron chi connectivity index (χ0n) is 20.5. The van der Waals surface area contributed by atoms with Gasteiger partial charge in [-0.3, -0.25) is 9.59 Å². The maximum atomic E-state index is 13.6. The van der Waals surface area contributed by atoms with Crippen molar-refractivity contribution >= 4 is 27.7 Å². The van der Waals surface area contributed by atoms with Gasteiger partial charge in [0.15, 0.2) is 6.61 Å². The highest BCUT2D eigenvalue weighted by atomic mass is 79.9. The van der Waals surface area contributed by atoms with E-state index < -0.39 is 6.04 Å². The molecule has 0 aliphatic carbocycles. The minimum absolute atomic E-state index is 0.0106. The van der Waals surface area contributed by atoms with Gasteiger partial charge in [0.25, 0.3) is 5.91 Å². The van der Waals surface area contributed by atoms with Crippen molar-refractivity contribution in [3.8, 4) is 5.75 Å². The minimum atomic E-state index is -0.672. The van der Waals surface area contributed by atoms with Crippen molar-refractivity contribution in [2.75, 3.05) is 6.61 Å². The first-order valence-corrected chi connectivity index (χ1v) is 12.7. The topological polar surface area (TPSA) is 58.6 Å². The van der Waals surface area contributed by atoms with Crippen molar-refractivity contribution in [1.29, 1.82) is 0 Å². The van der Waals surface area contributed by atoms with Gasteiger partial charge in [0.05, 0.1) is 0 Å². The van der Waals surface area contributed by atoms with E-state index in [0.29, 0.717) is 18.7 Å². The summed E-state index contributed by atoms with van der Waals surface area (Å²) in [5.41, 5.74) is 2.97. The molecule has 0 saturated heterocycles. The number of benzene rings is 3. The number of hydrogen-bond donors (Lipinski definition) is 1. The molecule has 2 amide bonds. The normalized spacial score (nSPS) is 12.5. The Morgan fingerprint density at radius 3 is 2.20 bits per heavy atom. The Kier molecular flexibility index (Phi) is 9.91. The van der Waals surface area contributed by atoms with E-state index in [4.69, 9.17) is 4.74 Å². The lowest BCUT2D eigenvalue weighted by Crippen LogP contribution is -2.53. The van der Waals surface area contributed by atoms with E-state index in [2.05, 4.69) is 21.2 Å². The molecule has 6 heteroatoms. The molecule has 0 heterocycles. The van der Waals surface area contributed by atoms with Crippen molar-refractivity contribution in [1.82, 2.24) is 10.2 Å². The number of hydrogen-bond acceptors (Lipinski definition) is 3. The molecule has 184 valence electrons. The summed E-state index contributed by atoms with van der Waals surface area (Å²) in [4.78, 5) is 28.7. The van der Waals surface area contributed by atoms with E-state index in [0.717, 1.165) is 27.6 Å². The van der Waals surface area contributed by atoms with E-state index in [1.165, 1.54) is 0 Å². The van der Waals surface area contributed by atoms with E-state index in [9.17, 15) is 9.59 Å². The molecule has 0 radical (unpaired) electrons. The number of rotatable bonds is 11. The molecule has 0 aromatic heterocycles. The Bertz CT molecular complexity index is 1110. The summed E-state index contributed by atoms with van der Waals surface area (Å²) in [6.45, 7) is 6.12. The number of carbonyl (C=O) groups excluding carboxylic acids is 2. The van der Waals surface area contributed by atoms with Gasteiger partial charge < -0.3 is 15.0 Å². The Morgan fingerprint density at radius 2 is 1.60 bits per heavy atom. The summed E-state index contributed by atoms with van der Waals surface area (Å²) < 4.78 is 6.84. The summed E-state index contributed by atoms with van der Waals surface area (Å²) in [5, 5.41) is 3.08. The molecule has 0 bridgehead atoms. The number of aryl methyl sites for hydroxylation is 1. The third kappa shape index (κ3) is 7.96. The summed E-state index contributed by atoms with van der Waals surface area (Å²) in [7, 11) is 0. The number of nitrogens with zero attached hydrogens (tertiary/aromatic N) is 1. The first kappa shape index (κ1) is 26.5. The molecule has 0 saturated carbocycles. The van der Waals surface area contributed by atoms with Crippen LogP contribution in [0.2, 0.25) is 0 Å². The Hall–Kier alpha value is -3.12. The number of ether oxygens (including phenoxy) is 1. The molecule has 3 rings (SSSR count). The fraction of sp³-hybridized carbons (Fsp3) is 0.310. The lowest BCUT2D eigenvalue weighted by molar-refractivity contribution is -0.143. The van der Waals surface area contributed by atoms with Gasteiger partial charge in [0.2, 0.25) is 5.91 Å². The second-order valence-electron chi connectivity index (χ2n) is 8.73.